The Kier molecular flexibility index (Phi) is 4.17. The maximum Gasteiger partial charge on any atom is 0.150 e. The first-order valence-corrected chi connectivity index (χ1v) is 9.29. The third kappa shape index (κ3) is 2.87. The van der Waals surface area contributed by atoms with Gasteiger partial charge in [0.05, 0.1) is 37.0 Å². The number of pyridine rings is 2. The third-order valence-electron chi connectivity index (χ3n) is 5.10. The highest BCUT2D eigenvalue weighted by atomic mass is 16.5. The number of hydrogen-bond acceptors (Lipinski definition) is 6. The van der Waals surface area contributed by atoms with Crippen LogP contribution in [0.4, 0.5) is 17.2 Å². The van der Waals surface area contributed by atoms with Crippen molar-refractivity contribution in [2.45, 2.75) is 0 Å². The molecule has 0 bridgehead atoms. The minimum Gasteiger partial charge on any atom is -0.378 e. The van der Waals surface area contributed by atoms with Gasteiger partial charge in [0.1, 0.15) is 17.3 Å². The molecule has 8 nitrogen and oxygen atoms in total. The summed E-state index contributed by atoms with van der Waals surface area (Å²) in [5.74, 6) is 1.83. The maximum atomic E-state index is 5.52. The normalized spacial score (nSPS) is 14.5. The number of rotatable bonds is 4. The van der Waals surface area contributed by atoms with Crippen LogP contribution < -0.4 is 9.80 Å². The Balaban J connectivity index is 1.69. The summed E-state index contributed by atoms with van der Waals surface area (Å²) in [6.07, 6.45) is 7.42. The second-order valence-electron chi connectivity index (χ2n) is 6.73. The number of fused-ring (bicyclic) bond motifs is 1. The molecule has 0 radical (unpaired) electrons. The van der Waals surface area contributed by atoms with Crippen molar-refractivity contribution in [2.75, 3.05) is 43.2 Å². The molecule has 5 rings (SSSR count). The average Bonchev–Trinajstić information content (AvgIpc) is 3.43. The molecule has 1 fully saturated rings. The molecule has 4 aromatic rings. The number of nitrogens with zero attached hydrogens (tertiary/aromatic N) is 6. The largest absolute Gasteiger partial charge is 0.378 e. The number of aromatic amines is 1. The molecule has 0 spiro atoms. The smallest absolute Gasteiger partial charge is 0.150 e. The van der Waals surface area contributed by atoms with E-state index in [1.807, 2.05) is 29.1 Å². The van der Waals surface area contributed by atoms with Crippen molar-refractivity contribution in [1.82, 2.24) is 24.7 Å². The number of hydrogen-bond donors (Lipinski definition) is 1. The van der Waals surface area contributed by atoms with Crippen LogP contribution in [0.3, 0.4) is 0 Å². The maximum absolute atomic E-state index is 5.52. The Bertz CT molecular complexity index is 1070. The predicted molar refractivity (Wildman–Crippen MR) is 109 cm³/mol. The van der Waals surface area contributed by atoms with Gasteiger partial charge in [-0.2, -0.15) is 5.10 Å². The molecule has 8 heteroatoms. The molecule has 142 valence electrons. The molecule has 0 saturated carbocycles. The highest BCUT2D eigenvalue weighted by molar-refractivity contribution is 5.95. The van der Waals surface area contributed by atoms with Crippen LogP contribution >= 0.6 is 0 Å². The van der Waals surface area contributed by atoms with Gasteiger partial charge in [0, 0.05) is 50.0 Å². The Morgan fingerprint density at radius 2 is 2.04 bits per heavy atom. The first-order valence-electron chi connectivity index (χ1n) is 9.29. The van der Waals surface area contributed by atoms with Crippen molar-refractivity contribution >= 4 is 28.2 Å². The SMILES string of the molecule is CN(c1cccnc1)c1cc(N2CCOCC2)nc2c1ccn2-c1ccn[nH]1. The van der Waals surface area contributed by atoms with Crippen molar-refractivity contribution in [1.29, 1.82) is 0 Å². The van der Waals surface area contributed by atoms with Crippen LogP contribution in [-0.4, -0.2) is 58.1 Å². The molecular weight excluding hydrogens is 354 g/mol. The molecule has 1 saturated heterocycles. The fraction of sp³-hybridized carbons (Fsp3) is 0.250. The van der Waals surface area contributed by atoms with E-state index in [4.69, 9.17) is 9.72 Å². The fourth-order valence-electron chi connectivity index (χ4n) is 3.58. The number of aromatic nitrogens is 5. The van der Waals surface area contributed by atoms with Gasteiger partial charge in [-0.05, 0) is 18.2 Å². The van der Waals surface area contributed by atoms with Gasteiger partial charge in [-0.1, -0.05) is 0 Å². The summed E-state index contributed by atoms with van der Waals surface area (Å²) in [5, 5.41) is 8.18. The van der Waals surface area contributed by atoms with Gasteiger partial charge in [-0.25, -0.2) is 4.98 Å². The van der Waals surface area contributed by atoms with E-state index in [0.29, 0.717) is 0 Å². The van der Waals surface area contributed by atoms with E-state index in [2.05, 4.69) is 50.2 Å². The molecule has 28 heavy (non-hydrogen) atoms. The van der Waals surface area contributed by atoms with E-state index in [1.54, 1.807) is 12.4 Å². The fourth-order valence-corrected chi connectivity index (χ4v) is 3.58. The van der Waals surface area contributed by atoms with E-state index in [9.17, 15) is 0 Å². The molecule has 1 aliphatic heterocycles. The average molecular weight is 375 g/mol. The van der Waals surface area contributed by atoms with Crippen molar-refractivity contribution in [3.63, 3.8) is 0 Å². The van der Waals surface area contributed by atoms with Gasteiger partial charge in [0.25, 0.3) is 0 Å². The molecule has 5 heterocycles. The lowest BCUT2D eigenvalue weighted by molar-refractivity contribution is 0.122. The molecular formula is C20H21N7O. The summed E-state index contributed by atoms with van der Waals surface area (Å²) < 4.78 is 7.55. The molecule has 0 unspecified atom stereocenters. The summed E-state index contributed by atoms with van der Waals surface area (Å²) in [6.45, 7) is 3.10. The van der Waals surface area contributed by atoms with Crippen molar-refractivity contribution in [3.8, 4) is 5.82 Å². The Morgan fingerprint density at radius 3 is 2.79 bits per heavy atom. The van der Waals surface area contributed by atoms with Crippen molar-refractivity contribution in [2.24, 2.45) is 0 Å². The quantitative estimate of drug-likeness (QED) is 0.591. The van der Waals surface area contributed by atoms with E-state index >= 15 is 0 Å². The molecule has 1 aliphatic rings. The lowest BCUT2D eigenvalue weighted by atomic mass is 10.2. The van der Waals surface area contributed by atoms with Gasteiger partial charge in [0.15, 0.2) is 0 Å². The van der Waals surface area contributed by atoms with Crippen LogP contribution in [0.25, 0.3) is 16.9 Å². The van der Waals surface area contributed by atoms with Gasteiger partial charge < -0.3 is 14.5 Å². The zero-order valence-corrected chi connectivity index (χ0v) is 15.6. The number of ether oxygens (including phenoxy) is 1. The molecule has 4 aromatic heterocycles. The minimum atomic E-state index is 0.717. The van der Waals surface area contributed by atoms with Gasteiger partial charge in [0.2, 0.25) is 0 Å². The number of nitrogens with one attached hydrogen (secondary N) is 1. The first-order chi connectivity index (χ1) is 13.8. The number of anilines is 3. The summed E-state index contributed by atoms with van der Waals surface area (Å²) in [7, 11) is 2.06. The molecule has 1 N–H and O–H groups in total. The predicted octanol–water partition coefficient (Wildman–Crippen LogP) is 2.75. The lowest BCUT2D eigenvalue weighted by Gasteiger charge is -2.29. The van der Waals surface area contributed by atoms with Crippen molar-refractivity contribution < 1.29 is 4.74 Å². The number of morpholine rings is 1. The topological polar surface area (TPSA) is 75.1 Å². The Morgan fingerprint density at radius 1 is 1.14 bits per heavy atom. The van der Waals surface area contributed by atoms with Crippen LogP contribution in [0.1, 0.15) is 0 Å². The standard InChI is InChI=1S/C20H21N7O/c1-25(15-3-2-6-21-14-15)17-13-19(26-9-11-28-12-10-26)23-20-16(17)5-8-27(20)18-4-7-22-24-18/h2-8,13-14H,9-12H2,1H3,(H,22,24). The highest BCUT2D eigenvalue weighted by Gasteiger charge is 2.19. The monoisotopic (exact) mass is 375 g/mol. The second-order valence-corrected chi connectivity index (χ2v) is 6.73. The summed E-state index contributed by atoms with van der Waals surface area (Å²) in [4.78, 5) is 13.7. The van der Waals surface area contributed by atoms with Crippen LogP contribution in [0, 0.1) is 0 Å². The number of H-pyrrole nitrogens is 1. The van der Waals surface area contributed by atoms with Gasteiger partial charge in [-0.15, -0.1) is 0 Å². The third-order valence-corrected chi connectivity index (χ3v) is 5.10. The summed E-state index contributed by atoms with van der Waals surface area (Å²) in [5.41, 5.74) is 2.99. The van der Waals surface area contributed by atoms with Crippen LogP contribution in [0.15, 0.2) is 55.1 Å². The zero-order valence-electron chi connectivity index (χ0n) is 15.6. The zero-order chi connectivity index (χ0) is 18.9. The summed E-state index contributed by atoms with van der Waals surface area (Å²) in [6, 6.07) is 10.2. The second kappa shape index (κ2) is 6.97. The Labute approximate surface area is 162 Å². The minimum absolute atomic E-state index is 0.717. The summed E-state index contributed by atoms with van der Waals surface area (Å²) >= 11 is 0. The molecule has 0 atom stereocenters. The van der Waals surface area contributed by atoms with E-state index in [1.165, 1.54) is 0 Å². The van der Waals surface area contributed by atoms with Crippen LogP contribution in [-0.2, 0) is 4.74 Å². The first kappa shape index (κ1) is 16.8. The lowest BCUT2D eigenvalue weighted by Crippen LogP contribution is -2.36. The highest BCUT2D eigenvalue weighted by Crippen LogP contribution is 2.34. The van der Waals surface area contributed by atoms with E-state index < -0.39 is 0 Å². The van der Waals surface area contributed by atoms with E-state index in [0.717, 1.165) is 60.3 Å². The van der Waals surface area contributed by atoms with E-state index in [-0.39, 0.29) is 0 Å². The molecule has 0 aliphatic carbocycles. The van der Waals surface area contributed by atoms with Crippen LogP contribution in [0.2, 0.25) is 0 Å². The Hall–Kier alpha value is -3.39. The molecule has 0 amide bonds. The van der Waals surface area contributed by atoms with Gasteiger partial charge in [-0.3, -0.25) is 14.6 Å². The van der Waals surface area contributed by atoms with Crippen molar-refractivity contribution in [3.05, 3.63) is 55.1 Å². The van der Waals surface area contributed by atoms with Gasteiger partial charge >= 0.3 is 0 Å². The van der Waals surface area contributed by atoms with Crippen LogP contribution in [0.5, 0.6) is 0 Å². The molecule has 0 aromatic carbocycles.